The van der Waals surface area contributed by atoms with Gasteiger partial charge in [-0.2, -0.15) is 5.10 Å². The Morgan fingerprint density at radius 2 is 1.66 bits per heavy atom. The Bertz CT molecular complexity index is 1130. The number of nitrogens with one attached hydrogen (secondary N) is 1. The minimum absolute atomic E-state index is 0.255. The van der Waals surface area contributed by atoms with Crippen molar-refractivity contribution in [2.45, 2.75) is 13.5 Å². The van der Waals surface area contributed by atoms with Crippen LogP contribution in [0.3, 0.4) is 0 Å². The van der Waals surface area contributed by atoms with Gasteiger partial charge in [0.15, 0.2) is 0 Å². The standard InChI is InChI=1S/C24H21N3O2/c1-17-7-5-6-10-22(17)25-15-20-16-27(21-13-11-19(12-14-21)24(28)29)26-23(20)18-8-3-2-4-9-18/h2-14,16,25H,15H2,1H3,(H,28,29). The van der Waals surface area contributed by atoms with E-state index >= 15 is 0 Å². The molecule has 0 saturated carbocycles. The van der Waals surface area contributed by atoms with Gasteiger partial charge in [-0.05, 0) is 42.8 Å². The van der Waals surface area contributed by atoms with Crippen LogP contribution in [0.2, 0.25) is 0 Å². The van der Waals surface area contributed by atoms with Crippen LogP contribution in [-0.4, -0.2) is 20.9 Å². The quantitative estimate of drug-likeness (QED) is 0.483. The molecule has 1 aromatic heterocycles. The lowest BCUT2D eigenvalue weighted by molar-refractivity contribution is 0.0697. The van der Waals surface area contributed by atoms with Gasteiger partial charge in [-0.25, -0.2) is 9.48 Å². The summed E-state index contributed by atoms with van der Waals surface area (Å²) in [6.07, 6.45) is 1.99. The van der Waals surface area contributed by atoms with Crippen molar-refractivity contribution in [1.29, 1.82) is 0 Å². The zero-order chi connectivity index (χ0) is 20.2. The van der Waals surface area contributed by atoms with Crippen LogP contribution in [-0.2, 0) is 6.54 Å². The van der Waals surface area contributed by atoms with E-state index in [1.165, 1.54) is 5.56 Å². The fourth-order valence-electron chi connectivity index (χ4n) is 3.23. The minimum atomic E-state index is -0.940. The largest absolute Gasteiger partial charge is 0.478 e. The number of carbonyl (C=O) groups is 1. The maximum Gasteiger partial charge on any atom is 0.335 e. The predicted octanol–water partition coefficient (Wildman–Crippen LogP) is 5.16. The summed E-state index contributed by atoms with van der Waals surface area (Å²) >= 11 is 0. The van der Waals surface area contributed by atoms with Crippen molar-refractivity contribution in [2.75, 3.05) is 5.32 Å². The second kappa shape index (κ2) is 8.02. The molecule has 0 aliphatic heterocycles. The normalized spacial score (nSPS) is 10.7. The van der Waals surface area contributed by atoms with Gasteiger partial charge in [-0.15, -0.1) is 0 Å². The van der Waals surface area contributed by atoms with Crippen molar-refractivity contribution >= 4 is 11.7 Å². The number of aryl methyl sites for hydroxylation is 1. The van der Waals surface area contributed by atoms with Crippen LogP contribution < -0.4 is 5.32 Å². The van der Waals surface area contributed by atoms with Crippen molar-refractivity contribution < 1.29 is 9.90 Å². The molecule has 4 rings (SSSR count). The molecular weight excluding hydrogens is 362 g/mol. The number of carboxylic acid groups (broad SMARTS) is 1. The van der Waals surface area contributed by atoms with Gasteiger partial charge in [-0.3, -0.25) is 0 Å². The Morgan fingerprint density at radius 1 is 0.966 bits per heavy atom. The molecule has 0 unspecified atom stereocenters. The van der Waals surface area contributed by atoms with Crippen molar-refractivity contribution in [3.05, 3.63) is 102 Å². The molecule has 2 N–H and O–H groups in total. The van der Waals surface area contributed by atoms with Crippen LogP contribution in [0.5, 0.6) is 0 Å². The van der Waals surface area contributed by atoms with E-state index < -0.39 is 5.97 Å². The second-order valence-electron chi connectivity index (χ2n) is 6.83. The van der Waals surface area contributed by atoms with Gasteiger partial charge >= 0.3 is 5.97 Å². The molecule has 0 aliphatic rings. The molecule has 1 heterocycles. The molecule has 0 aliphatic carbocycles. The number of rotatable bonds is 6. The van der Waals surface area contributed by atoms with Gasteiger partial charge < -0.3 is 10.4 Å². The van der Waals surface area contributed by atoms with Crippen LogP contribution in [0.25, 0.3) is 16.9 Å². The lowest BCUT2D eigenvalue weighted by atomic mass is 10.1. The topological polar surface area (TPSA) is 67.2 Å². The maximum absolute atomic E-state index is 11.1. The average molecular weight is 383 g/mol. The summed E-state index contributed by atoms with van der Waals surface area (Å²) in [5.74, 6) is -0.940. The van der Waals surface area contributed by atoms with Crippen LogP contribution in [0.4, 0.5) is 5.69 Å². The predicted molar refractivity (Wildman–Crippen MR) is 114 cm³/mol. The number of hydrogen-bond donors (Lipinski definition) is 2. The number of hydrogen-bond acceptors (Lipinski definition) is 3. The lowest BCUT2D eigenvalue weighted by Gasteiger charge is -2.09. The zero-order valence-electron chi connectivity index (χ0n) is 16.0. The second-order valence-corrected chi connectivity index (χ2v) is 6.83. The summed E-state index contributed by atoms with van der Waals surface area (Å²) in [5.41, 5.74) is 6.33. The number of aromatic carboxylic acids is 1. The monoisotopic (exact) mass is 383 g/mol. The van der Waals surface area contributed by atoms with E-state index in [0.29, 0.717) is 6.54 Å². The van der Waals surface area contributed by atoms with Crippen molar-refractivity contribution in [2.24, 2.45) is 0 Å². The Morgan fingerprint density at radius 3 is 2.34 bits per heavy atom. The van der Waals surface area contributed by atoms with Gasteiger partial charge in [0.2, 0.25) is 0 Å². The molecule has 0 atom stereocenters. The third-order valence-electron chi connectivity index (χ3n) is 4.83. The Labute approximate surface area is 169 Å². The number of anilines is 1. The minimum Gasteiger partial charge on any atom is -0.478 e. The molecule has 0 radical (unpaired) electrons. The van der Waals surface area contributed by atoms with E-state index in [0.717, 1.165) is 28.2 Å². The molecule has 0 amide bonds. The summed E-state index contributed by atoms with van der Waals surface area (Å²) in [7, 11) is 0. The molecule has 3 aromatic carbocycles. The number of para-hydroxylation sites is 1. The molecule has 0 bridgehead atoms. The molecule has 144 valence electrons. The van der Waals surface area contributed by atoms with E-state index in [9.17, 15) is 4.79 Å². The molecule has 0 saturated heterocycles. The highest BCUT2D eigenvalue weighted by molar-refractivity contribution is 5.87. The zero-order valence-corrected chi connectivity index (χ0v) is 16.0. The summed E-state index contributed by atoms with van der Waals surface area (Å²) in [4.78, 5) is 11.1. The van der Waals surface area contributed by atoms with Crippen LogP contribution >= 0.6 is 0 Å². The lowest BCUT2D eigenvalue weighted by Crippen LogP contribution is -2.01. The van der Waals surface area contributed by atoms with Gasteiger partial charge in [0, 0.05) is 29.6 Å². The molecular formula is C24H21N3O2. The fourth-order valence-corrected chi connectivity index (χ4v) is 3.23. The molecule has 29 heavy (non-hydrogen) atoms. The van der Waals surface area contributed by atoms with Crippen LogP contribution in [0.1, 0.15) is 21.5 Å². The molecule has 0 fully saturated rings. The first-order valence-corrected chi connectivity index (χ1v) is 9.39. The highest BCUT2D eigenvalue weighted by atomic mass is 16.4. The highest BCUT2D eigenvalue weighted by Gasteiger charge is 2.13. The molecule has 4 aromatic rings. The van der Waals surface area contributed by atoms with Crippen molar-refractivity contribution in [1.82, 2.24) is 9.78 Å². The number of carboxylic acids is 1. The summed E-state index contributed by atoms with van der Waals surface area (Å²) in [5, 5.41) is 17.4. The third-order valence-corrected chi connectivity index (χ3v) is 4.83. The summed E-state index contributed by atoms with van der Waals surface area (Å²) < 4.78 is 1.79. The van der Waals surface area contributed by atoms with Gasteiger partial charge in [0.05, 0.1) is 16.9 Å². The van der Waals surface area contributed by atoms with E-state index in [1.807, 2.05) is 48.7 Å². The maximum atomic E-state index is 11.1. The molecule has 0 spiro atoms. The van der Waals surface area contributed by atoms with Gasteiger partial charge in [-0.1, -0.05) is 48.5 Å². The van der Waals surface area contributed by atoms with E-state index in [4.69, 9.17) is 10.2 Å². The van der Waals surface area contributed by atoms with Gasteiger partial charge in [0.25, 0.3) is 0 Å². The fraction of sp³-hybridized carbons (Fsp3) is 0.0833. The number of nitrogens with zero attached hydrogens (tertiary/aromatic N) is 2. The highest BCUT2D eigenvalue weighted by Crippen LogP contribution is 2.25. The first-order chi connectivity index (χ1) is 14.1. The Kier molecular flexibility index (Phi) is 5.12. The average Bonchev–Trinajstić information content (AvgIpc) is 3.18. The van der Waals surface area contributed by atoms with Gasteiger partial charge in [0.1, 0.15) is 0 Å². The summed E-state index contributed by atoms with van der Waals surface area (Å²) in [6.45, 7) is 2.70. The van der Waals surface area contributed by atoms with Crippen molar-refractivity contribution in [3.63, 3.8) is 0 Å². The Balaban J connectivity index is 1.69. The number of benzene rings is 3. The van der Waals surface area contributed by atoms with Crippen LogP contribution in [0, 0.1) is 6.92 Å². The Hall–Kier alpha value is -3.86. The van der Waals surface area contributed by atoms with E-state index in [-0.39, 0.29) is 5.56 Å². The molecule has 5 nitrogen and oxygen atoms in total. The van der Waals surface area contributed by atoms with Crippen molar-refractivity contribution in [3.8, 4) is 16.9 Å². The smallest absolute Gasteiger partial charge is 0.335 e. The first kappa shape index (κ1) is 18.5. The van der Waals surface area contributed by atoms with E-state index in [1.54, 1.807) is 28.9 Å². The number of aromatic nitrogens is 2. The third kappa shape index (κ3) is 4.04. The molecule has 5 heteroatoms. The van der Waals surface area contributed by atoms with Crippen LogP contribution in [0.15, 0.2) is 85.1 Å². The summed E-state index contributed by atoms with van der Waals surface area (Å²) in [6, 6.07) is 24.9. The van der Waals surface area contributed by atoms with E-state index in [2.05, 4.69) is 24.4 Å². The first-order valence-electron chi connectivity index (χ1n) is 9.39. The SMILES string of the molecule is Cc1ccccc1NCc1cn(-c2ccc(C(=O)O)cc2)nc1-c1ccccc1.